The Hall–Kier alpha value is -2.86. The van der Waals surface area contributed by atoms with Crippen molar-refractivity contribution in [3.05, 3.63) is 54.4 Å². The first-order valence-corrected chi connectivity index (χ1v) is 8.05. The number of amides is 1. The first kappa shape index (κ1) is 14.7. The lowest BCUT2D eigenvalue weighted by atomic mass is 10.1. The summed E-state index contributed by atoms with van der Waals surface area (Å²) in [5.41, 5.74) is 7.81. The number of benzene rings is 1. The molecule has 1 aromatic carbocycles. The van der Waals surface area contributed by atoms with Gasteiger partial charge in [0.25, 0.3) is 0 Å². The molecule has 3 aromatic rings. The summed E-state index contributed by atoms with van der Waals surface area (Å²) >= 11 is 0. The highest BCUT2D eigenvalue weighted by Crippen LogP contribution is 2.22. The van der Waals surface area contributed by atoms with Gasteiger partial charge in [0, 0.05) is 37.9 Å². The summed E-state index contributed by atoms with van der Waals surface area (Å²) in [6.45, 7) is 3.92. The maximum atomic E-state index is 11.4. The Kier molecular flexibility index (Phi) is 3.66. The molecule has 2 aromatic heterocycles. The van der Waals surface area contributed by atoms with Crippen LogP contribution in [0.4, 0.5) is 5.82 Å². The van der Waals surface area contributed by atoms with Gasteiger partial charge in [-0.15, -0.1) is 0 Å². The summed E-state index contributed by atoms with van der Waals surface area (Å²) in [4.78, 5) is 18.3. The van der Waals surface area contributed by atoms with Crippen molar-refractivity contribution in [3.8, 4) is 5.69 Å². The molecule has 122 valence electrons. The molecule has 1 aliphatic heterocycles. The molecule has 3 N–H and O–H groups in total. The first-order chi connectivity index (χ1) is 11.7. The van der Waals surface area contributed by atoms with Gasteiger partial charge in [0.1, 0.15) is 5.82 Å². The van der Waals surface area contributed by atoms with Crippen LogP contribution in [0.3, 0.4) is 0 Å². The van der Waals surface area contributed by atoms with Crippen molar-refractivity contribution in [1.29, 1.82) is 0 Å². The van der Waals surface area contributed by atoms with Crippen LogP contribution in [0.25, 0.3) is 16.6 Å². The van der Waals surface area contributed by atoms with Gasteiger partial charge in [0.15, 0.2) is 0 Å². The number of anilines is 1. The highest BCUT2D eigenvalue weighted by molar-refractivity contribution is 5.97. The van der Waals surface area contributed by atoms with Crippen molar-refractivity contribution in [3.63, 3.8) is 0 Å². The minimum absolute atomic E-state index is 0.420. The Morgan fingerprint density at radius 2 is 1.96 bits per heavy atom. The number of primary amides is 1. The van der Waals surface area contributed by atoms with Crippen LogP contribution in [0.1, 0.15) is 10.4 Å². The van der Waals surface area contributed by atoms with Crippen LogP contribution in [-0.2, 0) is 0 Å². The largest absolute Gasteiger partial charge is 0.366 e. The molecule has 0 atom stereocenters. The molecule has 6 nitrogen and oxygen atoms in total. The van der Waals surface area contributed by atoms with Gasteiger partial charge in [-0.05, 0) is 35.7 Å². The molecule has 3 heterocycles. The number of hydrogen-bond acceptors (Lipinski definition) is 4. The number of carbonyl (C=O) groups excluding carboxylic acids is 1. The minimum atomic E-state index is -0.420. The monoisotopic (exact) mass is 321 g/mol. The molecule has 4 rings (SSSR count). The molecule has 0 spiro atoms. The quantitative estimate of drug-likeness (QED) is 0.767. The van der Waals surface area contributed by atoms with E-state index in [4.69, 9.17) is 5.73 Å². The van der Waals surface area contributed by atoms with E-state index in [1.165, 1.54) is 0 Å². The lowest BCUT2D eigenvalue weighted by Crippen LogP contribution is -2.43. The second kappa shape index (κ2) is 5.98. The molecule has 0 bridgehead atoms. The molecule has 1 saturated heterocycles. The van der Waals surface area contributed by atoms with Crippen LogP contribution in [0.15, 0.2) is 48.8 Å². The summed E-state index contributed by atoms with van der Waals surface area (Å²) in [5, 5.41) is 4.40. The van der Waals surface area contributed by atoms with Crippen molar-refractivity contribution >= 4 is 22.6 Å². The van der Waals surface area contributed by atoms with Gasteiger partial charge in [0.2, 0.25) is 5.91 Å². The average molecular weight is 321 g/mol. The Bertz CT molecular complexity index is 878. The lowest BCUT2D eigenvalue weighted by Gasteiger charge is -2.28. The topological polar surface area (TPSA) is 76.2 Å². The summed E-state index contributed by atoms with van der Waals surface area (Å²) in [6.07, 6.45) is 3.85. The van der Waals surface area contributed by atoms with Crippen molar-refractivity contribution < 1.29 is 4.79 Å². The number of pyridine rings is 1. The van der Waals surface area contributed by atoms with E-state index in [0.29, 0.717) is 5.56 Å². The number of hydrogen-bond donors (Lipinski definition) is 2. The van der Waals surface area contributed by atoms with E-state index in [9.17, 15) is 4.79 Å². The zero-order valence-corrected chi connectivity index (χ0v) is 13.3. The van der Waals surface area contributed by atoms with E-state index in [1.54, 1.807) is 6.07 Å². The molecule has 0 radical (unpaired) electrons. The Morgan fingerprint density at radius 3 is 2.67 bits per heavy atom. The fraction of sp³-hybridized carbons (Fsp3) is 0.222. The van der Waals surface area contributed by atoms with E-state index in [0.717, 1.165) is 48.6 Å². The first-order valence-electron chi connectivity index (χ1n) is 8.05. The molecule has 6 heteroatoms. The molecule has 0 aliphatic carbocycles. The summed E-state index contributed by atoms with van der Waals surface area (Å²) in [5.74, 6) is 0.575. The second-order valence-electron chi connectivity index (χ2n) is 5.94. The van der Waals surface area contributed by atoms with Crippen LogP contribution in [-0.4, -0.2) is 41.6 Å². The van der Waals surface area contributed by atoms with Crippen LogP contribution in [0, 0.1) is 0 Å². The molecular formula is C18H19N5O. The fourth-order valence-corrected chi connectivity index (χ4v) is 3.11. The summed E-state index contributed by atoms with van der Waals surface area (Å²) < 4.78 is 2.02. The van der Waals surface area contributed by atoms with Gasteiger partial charge < -0.3 is 20.5 Å². The number of carbonyl (C=O) groups is 1. The summed E-state index contributed by atoms with van der Waals surface area (Å²) in [6, 6.07) is 11.6. The van der Waals surface area contributed by atoms with Gasteiger partial charge in [-0.1, -0.05) is 6.07 Å². The third kappa shape index (κ3) is 2.61. The van der Waals surface area contributed by atoms with E-state index in [2.05, 4.69) is 21.3 Å². The fourth-order valence-electron chi connectivity index (χ4n) is 3.11. The van der Waals surface area contributed by atoms with E-state index in [1.807, 2.05) is 41.2 Å². The standard InChI is InChI=1S/C18H19N5O/c19-18(24)14-2-1-13-5-8-23(16(13)11-14)15-3-4-17(21-12-15)22-9-6-20-7-10-22/h1-5,8,11-12,20H,6-7,9-10H2,(H2,19,24). The predicted molar refractivity (Wildman–Crippen MR) is 94.7 cm³/mol. The maximum absolute atomic E-state index is 11.4. The average Bonchev–Trinajstić information content (AvgIpc) is 3.06. The summed E-state index contributed by atoms with van der Waals surface area (Å²) in [7, 11) is 0. The molecule has 0 unspecified atom stereocenters. The maximum Gasteiger partial charge on any atom is 0.248 e. The van der Waals surface area contributed by atoms with Crippen LogP contribution in [0.2, 0.25) is 0 Å². The van der Waals surface area contributed by atoms with Gasteiger partial charge in [0.05, 0.1) is 17.4 Å². The smallest absolute Gasteiger partial charge is 0.248 e. The number of piperazine rings is 1. The van der Waals surface area contributed by atoms with Crippen molar-refractivity contribution in [2.45, 2.75) is 0 Å². The Balaban J connectivity index is 1.69. The van der Waals surface area contributed by atoms with Crippen molar-refractivity contribution in [2.75, 3.05) is 31.1 Å². The second-order valence-corrected chi connectivity index (χ2v) is 5.94. The van der Waals surface area contributed by atoms with E-state index in [-0.39, 0.29) is 0 Å². The van der Waals surface area contributed by atoms with Gasteiger partial charge in [-0.25, -0.2) is 4.98 Å². The van der Waals surface area contributed by atoms with Crippen molar-refractivity contribution in [1.82, 2.24) is 14.9 Å². The normalized spacial score (nSPS) is 14.9. The van der Waals surface area contributed by atoms with Gasteiger partial charge in [-0.2, -0.15) is 0 Å². The number of nitrogens with two attached hydrogens (primary N) is 1. The molecule has 1 amide bonds. The Labute approximate surface area is 139 Å². The van der Waals surface area contributed by atoms with Crippen molar-refractivity contribution in [2.24, 2.45) is 5.73 Å². The highest BCUT2D eigenvalue weighted by atomic mass is 16.1. The van der Waals surface area contributed by atoms with E-state index >= 15 is 0 Å². The molecule has 1 fully saturated rings. The van der Waals surface area contributed by atoms with Gasteiger partial charge in [-0.3, -0.25) is 4.79 Å². The molecular weight excluding hydrogens is 302 g/mol. The third-order valence-electron chi connectivity index (χ3n) is 4.43. The van der Waals surface area contributed by atoms with Crippen LogP contribution in [0.5, 0.6) is 0 Å². The Morgan fingerprint density at radius 1 is 1.12 bits per heavy atom. The van der Waals surface area contributed by atoms with E-state index < -0.39 is 5.91 Å². The number of aromatic nitrogens is 2. The predicted octanol–water partition coefficient (Wildman–Crippen LogP) is 1.53. The van der Waals surface area contributed by atoms with Gasteiger partial charge >= 0.3 is 0 Å². The molecule has 24 heavy (non-hydrogen) atoms. The molecule has 1 aliphatic rings. The minimum Gasteiger partial charge on any atom is -0.366 e. The zero-order valence-electron chi connectivity index (χ0n) is 13.3. The van der Waals surface area contributed by atoms with Crippen LogP contribution >= 0.6 is 0 Å². The number of fused-ring (bicyclic) bond motifs is 1. The number of nitrogens with zero attached hydrogens (tertiary/aromatic N) is 3. The molecule has 0 saturated carbocycles. The lowest BCUT2D eigenvalue weighted by molar-refractivity contribution is 0.100. The third-order valence-corrected chi connectivity index (χ3v) is 4.43. The highest BCUT2D eigenvalue weighted by Gasteiger charge is 2.12. The zero-order chi connectivity index (χ0) is 16.5. The number of rotatable bonds is 3. The van der Waals surface area contributed by atoms with Crippen LogP contribution < -0.4 is 16.0 Å². The SMILES string of the molecule is NC(=O)c1ccc2ccn(-c3ccc(N4CCNCC4)nc3)c2c1. The number of nitrogens with one attached hydrogen (secondary N) is 1.